The van der Waals surface area contributed by atoms with Gasteiger partial charge < -0.3 is 14.5 Å². The van der Waals surface area contributed by atoms with Crippen molar-refractivity contribution in [3.05, 3.63) is 90.5 Å². The number of hydrogen-bond donors (Lipinski definition) is 1. The second-order valence-electron chi connectivity index (χ2n) is 6.57. The van der Waals surface area contributed by atoms with Gasteiger partial charge in [0, 0.05) is 5.56 Å². The van der Waals surface area contributed by atoms with E-state index in [1.807, 2.05) is 91.9 Å². The van der Waals surface area contributed by atoms with Crippen LogP contribution in [0.1, 0.15) is 17.7 Å². The summed E-state index contributed by atoms with van der Waals surface area (Å²) in [5, 5.41) is 11.0. The predicted octanol–water partition coefficient (Wildman–Crippen LogP) is 5.61. The van der Waals surface area contributed by atoms with Gasteiger partial charge >= 0.3 is 0 Å². The van der Waals surface area contributed by atoms with Crippen LogP contribution in [0, 0.1) is 0 Å². The Balaban J connectivity index is 1.59. The Morgan fingerprint density at radius 3 is 2.39 bits per heavy atom. The minimum absolute atomic E-state index is 0.206. The van der Waals surface area contributed by atoms with Crippen LogP contribution in [0.4, 0.5) is 5.69 Å². The highest BCUT2D eigenvalue weighted by molar-refractivity contribution is 8.00. The van der Waals surface area contributed by atoms with Crippen molar-refractivity contribution in [2.75, 3.05) is 11.9 Å². The zero-order valence-electron chi connectivity index (χ0n) is 16.9. The molecule has 1 atom stereocenters. The van der Waals surface area contributed by atoms with Crippen LogP contribution >= 0.6 is 11.8 Å². The maximum Gasteiger partial charge on any atom is 0.277 e. The van der Waals surface area contributed by atoms with Crippen molar-refractivity contribution >= 4 is 23.4 Å². The van der Waals surface area contributed by atoms with Crippen LogP contribution in [-0.4, -0.2) is 22.7 Å². The Morgan fingerprint density at radius 2 is 1.65 bits per heavy atom. The number of thioether (sulfide) groups is 1. The van der Waals surface area contributed by atoms with E-state index in [0.29, 0.717) is 29.2 Å². The van der Waals surface area contributed by atoms with Gasteiger partial charge in [0.1, 0.15) is 11.0 Å². The van der Waals surface area contributed by atoms with Gasteiger partial charge in [-0.05, 0) is 48.5 Å². The largest absolute Gasteiger partial charge is 0.492 e. The number of ether oxygens (including phenoxy) is 1. The predicted molar refractivity (Wildman–Crippen MR) is 121 cm³/mol. The highest BCUT2D eigenvalue weighted by Crippen LogP contribution is 2.37. The molecule has 0 saturated carbocycles. The molecule has 0 saturated heterocycles. The second kappa shape index (κ2) is 9.95. The first kappa shape index (κ1) is 20.7. The standard InChI is InChI=1S/C24H21N3O3S/c1-2-29-20-16-10-9-15-19(20)25-22(28)21(17-11-5-3-6-12-17)31-24-27-26-23(30-24)18-13-7-4-8-14-18/h3-16,21H,2H2,1H3,(H,25,28)/t21-/m1/s1. The van der Waals surface area contributed by atoms with E-state index in [1.165, 1.54) is 11.8 Å². The first-order chi connectivity index (χ1) is 15.2. The Hall–Kier alpha value is -3.58. The molecule has 1 N–H and O–H groups in total. The van der Waals surface area contributed by atoms with E-state index < -0.39 is 5.25 Å². The van der Waals surface area contributed by atoms with Gasteiger partial charge in [-0.3, -0.25) is 4.79 Å². The number of anilines is 1. The van der Waals surface area contributed by atoms with Crippen LogP contribution in [0.25, 0.3) is 11.5 Å². The molecular weight excluding hydrogens is 410 g/mol. The van der Waals surface area contributed by atoms with E-state index in [9.17, 15) is 4.79 Å². The average molecular weight is 432 g/mol. The third kappa shape index (κ3) is 5.13. The molecule has 7 heteroatoms. The van der Waals surface area contributed by atoms with Gasteiger partial charge in [0.15, 0.2) is 0 Å². The number of carbonyl (C=O) groups excluding carboxylic acids is 1. The number of aromatic nitrogens is 2. The zero-order valence-corrected chi connectivity index (χ0v) is 17.7. The third-order valence-corrected chi connectivity index (χ3v) is 5.52. The summed E-state index contributed by atoms with van der Waals surface area (Å²) < 4.78 is 11.5. The molecule has 4 rings (SSSR count). The fourth-order valence-electron chi connectivity index (χ4n) is 3.01. The molecule has 0 radical (unpaired) electrons. The molecular formula is C24H21N3O3S. The number of benzene rings is 3. The summed E-state index contributed by atoms with van der Waals surface area (Å²) in [5.74, 6) is 0.833. The van der Waals surface area contributed by atoms with Crippen LogP contribution in [0.2, 0.25) is 0 Å². The third-order valence-electron chi connectivity index (χ3n) is 4.43. The Labute approximate surface area is 184 Å². The lowest BCUT2D eigenvalue weighted by Crippen LogP contribution is -2.19. The topological polar surface area (TPSA) is 77.2 Å². The summed E-state index contributed by atoms with van der Waals surface area (Å²) in [6.07, 6.45) is 0. The molecule has 1 heterocycles. The molecule has 0 aliphatic rings. The summed E-state index contributed by atoms with van der Waals surface area (Å²) in [7, 11) is 0. The van der Waals surface area contributed by atoms with Crippen LogP contribution in [0.3, 0.4) is 0 Å². The normalized spacial score (nSPS) is 11.6. The number of nitrogens with one attached hydrogen (secondary N) is 1. The molecule has 156 valence electrons. The fraction of sp³-hybridized carbons (Fsp3) is 0.125. The minimum Gasteiger partial charge on any atom is -0.492 e. The Kier molecular flexibility index (Phi) is 6.64. The number of amides is 1. The number of hydrogen-bond acceptors (Lipinski definition) is 6. The van der Waals surface area contributed by atoms with Crippen molar-refractivity contribution in [3.8, 4) is 17.2 Å². The fourth-order valence-corrected chi connectivity index (χ4v) is 3.88. The van der Waals surface area contributed by atoms with Crippen molar-refractivity contribution in [3.63, 3.8) is 0 Å². The van der Waals surface area contributed by atoms with E-state index in [4.69, 9.17) is 9.15 Å². The highest BCUT2D eigenvalue weighted by atomic mass is 32.2. The zero-order chi connectivity index (χ0) is 21.5. The van der Waals surface area contributed by atoms with E-state index >= 15 is 0 Å². The summed E-state index contributed by atoms with van der Waals surface area (Å²) in [6.45, 7) is 2.41. The number of para-hydroxylation sites is 2. The molecule has 0 bridgehead atoms. The lowest BCUT2D eigenvalue weighted by atomic mass is 10.1. The first-order valence-corrected chi connectivity index (χ1v) is 10.8. The average Bonchev–Trinajstić information content (AvgIpc) is 3.29. The molecule has 0 aliphatic carbocycles. The summed E-state index contributed by atoms with van der Waals surface area (Å²) in [4.78, 5) is 13.3. The van der Waals surface area contributed by atoms with Gasteiger partial charge in [-0.25, -0.2) is 0 Å². The van der Waals surface area contributed by atoms with Crippen LogP contribution < -0.4 is 10.1 Å². The van der Waals surface area contributed by atoms with Gasteiger partial charge in [0.2, 0.25) is 11.8 Å². The van der Waals surface area contributed by atoms with E-state index in [0.717, 1.165) is 11.1 Å². The van der Waals surface area contributed by atoms with Crippen LogP contribution in [-0.2, 0) is 4.79 Å². The monoisotopic (exact) mass is 431 g/mol. The van der Waals surface area contributed by atoms with Crippen molar-refractivity contribution in [1.82, 2.24) is 10.2 Å². The summed E-state index contributed by atoms with van der Waals surface area (Å²) >= 11 is 1.21. The molecule has 1 aromatic heterocycles. The van der Waals surface area contributed by atoms with Gasteiger partial charge in [0.25, 0.3) is 5.22 Å². The number of rotatable bonds is 8. The number of carbonyl (C=O) groups is 1. The highest BCUT2D eigenvalue weighted by Gasteiger charge is 2.26. The smallest absolute Gasteiger partial charge is 0.277 e. The maximum atomic E-state index is 13.3. The van der Waals surface area contributed by atoms with Crippen molar-refractivity contribution in [2.24, 2.45) is 0 Å². The molecule has 6 nitrogen and oxygen atoms in total. The molecule has 1 amide bonds. The lowest BCUT2D eigenvalue weighted by molar-refractivity contribution is -0.115. The molecule has 3 aromatic carbocycles. The summed E-state index contributed by atoms with van der Waals surface area (Å²) in [6, 6.07) is 26.4. The minimum atomic E-state index is -0.583. The van der Waals surface area contributed by atoms with Gasteiger partial charge in [-0.1, -0.05) is 60.7 Å². The van der Waals surface area contributed by atoms with Crippen LogP contribution in [0.5, 0.6) is 5.75 Å². The van der Waals surface area contributed by atoms with E-state index in [1.54, 1.807) is 0 Å². The van der Waals surface area contributed by atoms with Crippen molar-refractivity contribution in [2.45, 2.75) is 17.4 Å². The van der Waals surface area contributed by atoms with Crippen molar-refractivity contribution in [1.29, 1.82) is 0 Å². The maximum absolute atomic E-state index is 13.3. The molecule has 0 unspecified atom stereocenters. The quantitative estimate of drug-likeness (QED) is 0.366. The van der Waals surface area contributed by atoms with E-state index in [2.05, 4.69) is 15.5 Å². The molecule has 0 fully saturated rings. The van der Waals surface area contributed by atoms with Gasteiger partial charge in [-0.15, -0.1) is 10.2 Å². The molecule has 4 aromatic rings. The molecule has 0 aliphatic heterocycles. The first-order valence-electron chi connectivity index (χ1n) is 9.88. The molecule has 0 spiro atoms. The van der Waals surface area contributed by atoms with Crippen LogP contribution in [0.15, 0.2) is 94.6 Å². The SMILES string of the molecule is CCOc1ccccc1NC(=O)[C@H](Sc1nnc(-c2ccccc2)o1)c1ccccc1. The summed E-state index contributed by atoms with van der Waals surface area (Å²) in [5.41, 5.74) is 2.28. The number of nitrogens with zero attached hydrogens (tertiary/aromatic N) is 2. The lowest BCUT2D eigenvalue weighted by Gasteiger charge is -2.17. The van der Waals surface area contributed by atoms with Crippen molar-refractivity contribution < 1.29 is 13.9 Å². The van der Waals surface area contributed by atoms with Gasteiger partial charge in [0.05, 0.1) is 12.3 Å². The van der Waals surface area contributed by atoms with E-state index in [-0.39, 0.29) is 5.91 Å². The Morgan fingerprint density at radius 1 is 0.968 bits per heavy atom. The molecule has 31 heavy (non-hydrogen) atoms. The Bertz CT molecular complexity index is 1130. The second-order valence-corrected chi connectivity index (χ2v) is 7.62. The van der Waals surface area contributed by atoms with Gasteiger partial charge in [-0.2, -0.15) is 0 Å².